The molecule has 0 radical (unpaired) electrons. The van der Waals surface area contributed by atoms with Crippen LogP contribution in [0, 0.1) is 15.2 Å². The van der Waals surface area contributed by atoms with Crippen LogP contribution in [0.15, 0.2) is 29.1 Å². The Morgan fingerprint density at radius 1 is 1.32 bits per heavy atom. The molecule has 1 aromatic carbocycles. The zero-order valence-corrected chi connectivity index (χ0v) is 18.9. The molecular formula is C18H16F2IN3O6S. The topological polar surface area (TPSA) is 126 Å². The van der Waals surface area contributed by atoms with Crippen LogP contribution in [0.3, 0.4) is 0 Å². The molecule has 1 aliphatic carbocycles. The molecule has 3 rings (SSSR count). The Morgan fingerprint density at radius 2 is 1.97 bits per heavy atom. The van der Waals surface area contributed by atoms with Gasteiger partial charge in [0.1, 0.15) is 12.1 Å². The number of amides is 1. The molecule has 31 heavy (non-hydrogen) atoms. The Hall–Kier alpha value is -2.55. The molecule has 0 aliphatic heterocycles. The minimum atomic E-state index is -4.27. The zero-order chi connectivity index (χ0) is 23.1. The number of pyridine rings is 1. The van der Waals surface area contributed by atoms with E-state index in [1.54, 1.807) is 0 Å². The van der Waals surface area contributed by atoms with E-state index in [-0.39, 0.29) is 19.3 Å². The van der Waals surface area contributed by atoms with E-state index in [4.69, 9.17) is 0 Å². The number of aldehydes is 1. The van der Waals surface area contributed by atoms with Crippen LogP contribution < -0.4 is 15.2 Å². The summed E-state index contributed by atoms with van der Waals surface area (Å²) in [5.74, 6) is -2.92. The molecule has 0 atom stereocenters. The van der Waals surface area contributed by atoms with Gasteiger partial charge in [-0.15, -0.1) is 0 Å². The van der Waals surface area contributed by atoms with Gasteiger partial charge < -0.3 is 9.90 Å². The van der Waals surface area contributed by atoms with Crippen LogP contribution in [0.2, 0.25) is 0 Å². The van der Waals surface area contributed by atoms with E-state index in [0.717, 1.165) is 19.2 Å². The molecule has 1 aliphatic rings. The van der Waals surface area contributed by atoms with Crippen molar-refractivity contribution in [2.75, 3.05) is 9.62 Å². The molecule has 1 fully saturated rings. The Morgan fingerprint density at radius 3 is 2.48 bits per heavy atom. The van der Waals surface area contributed by atoms with E-state index in [9.17, 15) is 36.7 Å². The molecule has 1 amide bonds. The predicted octanol–water partition coefficient (Wildman–Crippen LogP) is 2.95. The Kier molecular flexibility index (Phi) is 6.10. The molecule has 1 heterocycles. The number of carboxylic acid groups (broad SMARTS) is 1. The summed E-state index contributed by atoms with van der Waals surface area (Å²) in [5.41, 5.74) is -2.33. The summed E-state index contributed by atoms with van der Waals surface area (Å²) in [7, 11) is -3.24. The second kappa shape index (κ2) is 8.18. The van der Waals surface area contributed by atoms with Gasteiger partial charge in [0.25, 0.3) is 5.56 Å². The van der Waals surface area contributed by atoms with Crippen molar-refractivity contribution in [3.05, 3.63) is 49.8 Å². The summed E-state index contributed by atoms with van der Waals surface area (Å²) in [6.07, 6.45) is -1.24. The molecule has 9 nitrogen and oxygen atoms in total. The SMILES string of the molecule is Cn1c(N(C(=O)O)c2ccc(I)cc2F)c(NS(=O)(=O)C2(CC=O)CC2)cc(F)c1=O. The van der Waals surface area contributed by atoms with Gasteiger partial charge in [0.15, 0.2) is 11.6 Å². The van der Waals surface area contributed by atoms with Crippen LogP contribution in [-0.4, -0.2) is 35.2 Å². The number of carbonyl (C=O) groups is 2. The number of halogens is 3. The van der Waals surface area contributed by atoms with Gasteiger partial charge in [-0.25, -0.2) is 26.9 Å². The lowest BCUT2D eigenvalue weighted by Gasteiger charge is -2.26. The number of sulfonamides is 1. The average molecular weight is 567 g/mol. The maximum atomic E-state index is 14.6. The lowest BCUT2D eigenvalue weighted by molar-refractivity contribution is -0.107. The average Bonchev–Trinajstić information content (AvgIpc) is 3.45. The number of nitrogens with zero attached hydrogens (tertiary/aromatic N) is 2. The third-order valence-electron chi connectivity index (χ3n) is 4.97. The molecule has 2 N–H and O–H groups in total. The minimum absolute atomic E-state index is 0.180. The van der Waals surface area contributed by atoms with Crippen molar-refractivity contribution in [2.24, 2.45) is 7.05 Å². The Balaban J connectivity index is 2.24. The third-order valence-corrected chi connectivity index (χ3v) is 7.84. The van der Waals surface area contributed by atoms with Crippen LogP contribution in [-0.2, 0) is 21.9 Å². The van der Waals surface area contributed by atoms with Crippen molar-refractivity contribution >= 4 is 62.2 Å². The van der Waals surface area contributed by atoms with Crippen molar-refractivity contribution in [1.29, 1.82) is 0 Å². The predicted molar refractivity (Wildman–Crippen MR) is 116 cm³/mol. The fraction of sp³-hybridized carbons (Fsp3) is 0.278. The maximum absolute atomic E-state index is 14.6. The largest absolute Gasteiger partial charge is 0.464 e. The number of anilines is 3. The van der Waals surface area contributed by atoms with Gasteiger partial charge in [0.2, 0.25) is 10.0 Å². The molecule has 166 valence electrons. The van der Waals surface area contributed by atoms with Crippen molar-refractivity contribution in [3.8, 4) is 0 Å². The Bertz CT molecular complexity index is 1240. The van der Waals surface area contributed by atoms with Gasteiger partial charge in [0, 0.05) is 23.1 Å². The number of aromatic nitrogens is 1. The quantitative estimate of drug-likeness (QED) is 0.392. The molecule has 1 saturated carbocycles. The highest BCUT2D eigenvalue weighted by Crippen LogP contribution is 2.47. The van der Waals surface area contributed by atoms with E-state index in [1.165, 1.54) is 6.07 Å². The number of benzene rings is 1. The van der Waals surface area contributed by atoms with Crippen molar-refractivity contribution in [2.45, 2.75) is 24.0 Å². The van der Waals surface area contributed by atoms with E-state index < -0.39 is 55.2 Å². The molecule has 2 aromatic rings. The van der Waals surface area contributed by atoms with E-state index in [0.29, 0.717) is 25.4 Å². The molecule has 1 aromatic heterocycles. The van der Waals surface area contributed by atoms with E-state index >= 15 is 0 Å². The number of nitrogens with one attached hydrogen (secondary N) is 1. The highest BCUT2D eigenvalue weighted by molar-refractivity contribution is 14.1. The fourth-order valence-electron chi connectivity index (χ4n) is 3.13. The first-order valence-electron chi connectivity index (χ1n) is 8.78. The number of rotatable bonds is 7. The third kappa shape index (κ3) is 4.15. The summed E-state index contributed by atoms with van der Waals surface area (Å²) in [6, 6.07) is 4.11. The van der Waals surface area contributed by atoms with Crippen LogP contribution in [0.25, 0.3) is 0 Å². The molecule has 13 heteroatoms. The van der Waals surface area contributed by atoms with E-state index in [1.807, 2.05) is 22.6 Å². The van der Waals surface area contributed by atoms with Gasteiger partial charge in [-0.1, -0.05) is 0 Å². The lowest BCUT2D eigenvalue weighted by atomic mass is 10.2. The van der Waals surface area contributed by atoms with Gasteiger partial charge in [0.05, 0.1) is 16.1 Å². The van der Waals surface area contributed by atoms with E-state index in [2.05, 4.69) is 4.72 Å². The first kappa shape index (κ1) is 23.1. The van der Waals surface area contributed by atoms with Crippen molar-refractivity contribution in [3.63, 3.8) is 0 Å². The smallest absolute Gasteiger partial charge is 0.417 e. The molecule has 0 unspecified atom stereocenters. The summed E-state index contributed by atoms with van der Waals surface area (Å²) < 4.78 is 56.2. The minimum Gasteiger partial charge on any atom is -0.464 e. The summed E-state index contributed by atoms with van der Waals surface area (Å²) >= 11 is 1.81. The highest BCUT2D eigenvalue weighted by Gasteiger charge is 2.54. The van der Waals surface area contributed by atoms with Gasteiger partial charge in [-0.2, -0.15) is 0 Å². The summed E-state index contributed by atoms with van der Waals surface area (Å²) in [6.45, 7) is 0. The molecular weight excluding hydrogens is 551 g/mol. The second-order valence-corrected chi connectivity index (χ2v) is 10.3. The van der Waals surface area contributed by atoms with Crippen LogP contribution in [0.5, 0.6) is 0 Å². The number of hydrogen-bond donors (Lipinski definition) is 2. The summed E-state index contributed by atoms with van der Waals surface area (Å²) in [5, 5.41) is 9.76. The number of carbonyl (C=O) groups excluding carboxylic acids is 1. The van der Waals surface area contributed by atoms with Crippen LogP contribution in [0.1, 0.15) is 19.3 Å². The monoisotopic (exact) mass is 567 g/mol. The highest BCUT2D eigenvalue weighted by atomic mass is 127. The molecule has 0 bridgehead atoms. The zero-order valence-electron chi connectivity index (χ0n) is 15.9. The molecule has 0 saturated heterocycles. The van der Waals surface area contributed by atoms with Gasteiger partial charge in [-0.05, 0) is 53.6 Å². The summed E-state index contributed by atoms with van der Waals surface area (Å²) in [4.78, 5) is 35.5. The molecule has 0 spiro atoms. The second-order valence-electron chi connectivity index (χ2n) is 6.97. The van der Waals surface area contributed by atoms with Crippen LogP contribution >= 0.6 is 22.6 Å². The van der Waals surface area contributed by atoms with Gasteiger partial charge in [-0.3, -0.25) is 14.1 Å². The van der Waals surface area contributed by atoms with Crippen molar-refractivity contribution in [1.82, 2.24) is 4.57 Å². The lowest BCUT2D eigenvalue weighted by Crippen LogP contribution is -2.36. The van der Waals surface area contributed by atoms with Crippen molar-refractivity contribution < 1.29 is 31.9 Å². The first-order chi connectivity index (χ1) is 14.4. The fourth-order valence-corrected chi connectivity index (χ4v) is 5.17. The van der Waals surface area contributed by atoms with Gasteiger partial charge >= 0.3 is 6.09 Å². The van der Waals surface area contributed by atoms with Crippen LogP contribution in [0.4, 0.5) is 30.8 Å². The number of hydrogen-bond acceptors (Lipinski definition) is 5. The maximum Gasteiger partial charge on any atom is 0.417 e. The first-order valence-corrected chi connectivity index (χ1v) is 11.3. The standard InChI is InChI=1S/C18H16F2IN3O6S/c1-23-15(24(17(27)28)14-3-2-10(21)8-11(14)19)13(9-12(20)16(23)26)22-31(29,30)18(4-5-18)6-7-25/h2-3,7-9,22H,4-6H2,1H3,(H,27,28). The normalized spacial score (nSPS) is 14.7. The Labute approximate surface area is 188 Å².